The van der Waals surface area contributed by atoms with Crippen LogP contribution in [0.1, 0.15) is 22.3 Å². The zero-order valence-electron chi connectivity index (χ0n) is 17.9. The number of hydrogen-bond acceptors (Lipinski definition) is 2. The fraction of sp³-hybridized carbons (Fsp3) is 0.133. The number of aryl methyl sites for hydroxylation is 4. The van der Waals surface area contributed by atoms with Crippen molar-refractivity contribution in [2.75, 3.05) is 0 Å². The van der Waals surface area contributed by atoms with Gasteiger partial charge in [0, 0.05) is 20.2 Å². The zero-order chi connectivity index (χ0) is 21.3. The van der Waals surface area contributed by atoms with Gasteiger partial charge in [-0.15, -0.1) is 22.7 Å². The second-order valence-electron chi connectivity index (χ2n) is 8.49. The van der Waals surface area contributed by atoms with Gasteiger partial charge in [-0.05, 0) is 60.1 Å². The summed E-state index contributed by atoms with van der Waals surface area (Å²) in [5.74, 6) is 0. The summed E-state index contributed by atoms with van der Waals surface area (Å²) in [5.41, 5.74) is 5.69. The molecular weight excluding hydrogens is 424 g/mol. The Morgan fingerprint density at radius 1 is 0.406 bits per heavy atom. The molecule has 0 aliphatic rings. The van der Waals surface area contributed by atoms with Crippen LogP contribution in [0, 0.1) is 0 Å². The molecule has 0 N–H and O–H groups in total. The first-order valence-electron chi connectivity index (χ1n) is 11.3. The van der Waals surface area contributed by atoms with Crippen molar-refractivity contribution < 1.29 is 0 Å². The Kier molecular flexibility index (Phi) is 5.26. The van der Waals surface area contributed by atoms with Crippen molar-refractivity contribution in [2.24, 2.45) is 0 Å². The van der Waals surface area contributed by atoms with E-state index in [9.17, 15) is 0 Å². The predicted molar refractivity (Wildman–Crippen MR) is 142 cm³/mol. The van der Waals surface area contributed by atoms with Gasteiger partial charge in [-0.2, -0.15) is 0 Å². The molecule has 0 atom stereocenters. The number of rotatable bonds is 6. The minimum absolute atomic E-state index is 1.09. The van der Waals surface area contributed by atoms with Gasteiger partial charge in [0.25, 0.3) is 0 Å². The second-order valence-corrected chi connectivity index (χ2v) is 10.6. The molecule has 0 bridgehead atoms. The average Bonchev–Trinajstić information content (AvgIpc) is 3.38. The maximum atomic E-state index is 2.41. The Hall–Kier alpha value is -2.94. The van der Waals surface area contributed by atoms with E-state index in [-0.39, 0.29) is 0 Å². The van der Waals surface area contributed by atoms with Crippen LogP contribution in [0.3, 0.4) is 0 Å². The third kappa shape index (κ3) is 3.85. The van der Waals surface area contributed by atoms with Gasteiger partial charge in [0.15, 0.2) is 0 Å². The predicted octanol–water partition coefficient (Wildman–Crippen LogP) is 8.84. The molecule has 0 aliphatic carbocycles. The van der Waals surface area contributed by atoms with E-state index in [2.05, 4.69) is 97.1 Å². The average molecular weight is 449 g/mol. The van der Waals surface area contributed by atoms with Crippen molar-refractivity contribution in [3.05, 3.63) is 119 Å². The van der Waals surface area contributed by atoms with Gasteiger partial charge < -0.3 is 0 Å². The maximum Gasteiger partial charge on any atom is 0.0542 e. The summed E-state index contributed by atoms with van der Waals surface area (Å²) in [6.45, 7) is 0. The monoisotopic (exact) mass is 448 g/mol. The Balaban J connectivity index is 1.27. The molecule has 0 spiro atoms. The fourth-order valence-corrected chi connectivity index (χ4v) is 7.30. The van der Waals surface area contributed by atoms with Gasteiger partial charge in [0.2, 0.25) is 0 Å². The van der Waals surface area contributed by atoms with E-state index in [1.807, 2.05) is 22.7 Å². The molecule has 0 saturated carbocycles. The minimum atomic E-state index is 1.09. The van der Waals surface area contributed by atoms with Crippen molar-refractivity contribution in [2.45, 2.75) is 25.7 Å². The number of fused-ring (bicyclic) bond motifs is 5. The summed E-state index contributed by atoms with van der Waals surface area (Å²) in [4.78, 5) is 0. The topological polar surface area (TPSA) is 0 Å². The van der Waals surface area contributed by atoms with Gasteiger partial charge in [0.05, 0.1) is 9.40 Å². The molecule has 2 heterocycles. The lowest BCUT2D eigenvalue weighted by Gasteiger charge is -2.03. The molecule has 156 valence electrons. The lowest BCUT2D eigenvalue weighted by Crippen LogP contribution is -1.90. The Morgan fingerprint density at radius 3 is 1.25 bits per heavy atom. The summed E-state index contributed by atoms with van der Waals surface area (Å²) in [6, 6.07) is 35.8. The highest BCUT2D eigenvalue weighted by atomic mass is 32.1. The van der Waals surface area contributed by atoms with E-state index >= 15 is 0 Å². The van der Waals surface area contributed by atoms with E-state index in [4.69, 9.17) is 0 Å². The van der Waals surface area contributed by atoms with E-state index in [0.717, 1.165) is 25.7 Å². The maximum absolute atomic E-state index is 2.41. The van der Waals surface area contributed by atoms with Crippen LogP contribution in [0.5, 0.6) is 0 Å². The lowest BCUT2D eigenvalue weighted by molar-refractivity contribution is 0.963. The zero-order valence-corrected chi connectivity index (χ0v) is 19.5. The number of hydrogen-bond donors (Lipinski definition) is 0. The van der Waals surface area contributed by atoms with Crippen LogP contribution in [-0.2, 0) is 25.7 Å². The molecule has 4 aromatic carbocycles. The molecule has 2 aromatic heterocycles. The molecule has 32 heavy (non-hydrogen) atoms. The molecule has 6 aromatic rings. The van der Waals surface area contributed by atoms with Crippen LogP contribution in [0.4, 0.5) is 0 Å². The van der Waals surface area contributed by atoms with Gasteiger partial charge in [-0.25, -0.2) is 0 Å². The highest BCUT2D eigenvalue weighted by molar-refractivity contribution is 7.36. The molecule has 0 saturated heterocycles. The second kappa shape index (κ2) is 8.54. The van der Waals surface area contributed by atoms with E-state index in [1.165, 1.54) is 51.8 Å². The van der Waals surface area contributed by atoms with Crippen molar-refractivity contribution in [3.63, 3.8) is 0 Å². The van der Waals surface area contributed by atoms with Crippen molar-refractivity contribution in [1.82, 2.24) is 0 Å². The highest BCUT2D eigenvalue weighted by Crippen LogP contribution is 2.44. The summed E-state index contributed by atoms with van der Waals surface area (Å²) in [7, 11) is 0. The SMILES string of the molecule is c1ccc(CCc2ccc3c(c2)sc2c4ccc(CCc5ccccc5)cc4sc32)cc1. The summed E-state index contributed by atoms with van der Waals surface area (Å²) >= 11 is 3.92. The van der Waals surface area contributed by atoms with Crippen molar-refractivity contribution >= 4 is 52.2 Å². The normalized spacial score (nSPS) is 11.6. The third-order valence-corrected chi connectivity index (χ3v) is 8.80. The molecular formula is C30H24S2. The molecule has 0 aliphatic heterocycles. The minimum Gasteiger partial charge on any atom is -0.134 e. The van der Waals surface area contributed by atoms with Crippen LogP contribution in [0.25, 0.3) is 29.6 Å². The first kappa shape index (κ1) is 19.7. The smallest absolute Gasteiger partial charge is 0.0542 e. The van der Waals surface area contributed by atoms with E-state index in [0.29, 0.717) is 0 Å². The molecule has 0 fully saturated rings. The molecule has 2 heteroatoms. The standard InChI is InChI=1S/C30H24S2/c1-3-7-21(8-4-1)11-13-23-15-17-25-27(19-23)31-30-26-18-16-24(20-28(26)32-29(25)30)14-12-22-9-5-2-6-10-22/h1-10,15-20H,11-14H2. The third-order valence-electron chi connectivity index (χ3n) is 6.30. The van der Waals surface area contributed by atoms with Gasteiger partial charge in [-0.1, -0.05) is 84.9 Å². The quantitative estimate of drug-likeness (QED) is 0.239. The largest absolute Gasteiger partial charge is 0.134 e. The summed E-state index contributed by atoms with van der Waals surface area (Å²) < 4.78 is 5.75. The highest BCUT2D eigenvalue weighted by Gasteiger charge is 2.13. The lowest BCUT2D eigenvalue weighted by atomic mass is 10.0. The summed E-state index contributed by atoms with van der Waals surface area (Å²) in [5, 5.41) is 2.83. The fourth-order valence-electron chi connectivity index (χ4n) is 4.52. The first-order valence-corrected chi connectivity index (χ1v) is 12.9. The number of thiophene rings is 2. The van der Waals surface area contributed by atoms with E-state index < -0.39 is 0 Å². The van der Waals surface area contributed by atoms with Crippen molar-refractivity contribution in [3.8, 4) is 0 Å². The van der Waals surface area contributed by atoms with Crippen LogP contribution >= 0.6 is 22.7 Å². The van der Waals surface area contributed by atoms with Gasteiger partial charge >= 0.3 is 0 Å². The molecule has 0 amide bonds. The molecule has 0 nitrogen and oxygen atoms in total. The Morgan fingerprint density at radius 2 is 0.812 bits per heavy atom. The van der Waals surface area contributed by atoms with Gasteiger partial charge in [0.1, 0.15) is 0 Å². The first-order chi connectivity index (χ1) is 15.8. The summed E-state index contributed by atoms with van der Waals surface area (Å²) in [6.07, 6.45) is 4.38. The molecule has 0 radical (unpaired) electrons. The van der Waals surface area contributed by atoms with Crippen LogP contribution < -0.4 is 0 Å². The Labute approximate surface area is 196 Å². The molecule has 6 rings (SSSR count). The van der Waals surface area contributed by atoms with Crippen LogP contribution in [0.2, 0.25) is 0 Å². The van der Waals surface area contributed by atoms with Crippen LogP contribution in [-0.4, -0.2) is 0 Å². The van der Waals surface area contributed by atoms with Crippen molar-refractivity contribution in [1.29, 1.82) is 0 Å². The van der Waals surface area contributed by atoms with E-state index in [1.54, 1.807) is 0 Å². The number of benzene rings is 4. The van der Waals surface area contributed by atoms with Crippen LogP contribution in [0.15, 0.2) is 97.1 Å². The van der Waals surface area contributed by atoms with Gasteiger partial charge in [-0.3, -0.25) is 0 Å². The molecule has 0 unspecified atom stereocenters. The Bertz CT molecular complexity index is 1390.